The molecule has 7 nitrogen and oxygen atoms in total. The third kappa shape index (κ3) is 8.56. The minimum atomic E-state index is -3.54. The molecule has 1 aliphatic rings. The quantitative estimate of drug-likeness (QED) is 0.379. The number of amides is 2. The highest BCUT2D eigenvalue weighted by Gasteiger charge is 2.30. The second-order valence-corrected chi connectivity index (χ2v) is 12.8. The lowest BCUT2D eigenvalue weighted by molar-refractivity contribution is -0.141. The van der Waals surface area contributed by atoms with Crippen molar-refractivity contribution in [1.82, 2.24) is 10.2 Å². The summed E-state index contributed by atoms with van der Waals surface area (Å²) in [4.78, 5) is 28.8. The van der Waals surface area contributed by atoms with Gasteiger partial charge in [0.25, 0.3) is 0 Å². The molecule has 0 spiro atoms. The van der Waals surface area contributed by atoms with Gasteiger partial charge in [-0.3, -0.25) is 13.9 Å². The van der Waals surface area contributed by atoms with E-state index in [0.717, 1.165) is 47.9 Å². The molecular formula is C31H45N3O4S. The molecule has 0 bridgehead atoms. The maximum Gasteiger partial charge on any atom is 0.243 e. The lowest BCUT2D eigenvalue weighted by Gasteiger charge is -2.33. The van der Waals surface area contributed by atoms with Crippen LogP contribution in [0, 0.1) is 20.8 Å². The molecule has 1 aliphatic carbocycles. The molecule has 0 radical (unpaired) electrons. The Kier molecular flexibility index (Phi) is 11.0. The zero-order valence-electron chi connectivity index (χ0n) is 24.2. The molecule has 2 amide bonds. The second kappa shape index (κ2) is 14.0. The zero-order chi connectivity index (χ0) is 28.6. The number of hydrogen-bond donors (Lipinski definition) is 1. The Morgan fingerprint density at radius 2 is 1.72 bits per heavy atom. The number of hydrogen-bond acceptors (Lipinski definition) is 4. The Bertz CT molecular complexity index is 1240. The minimum absolute atomic E-state index is 0.0986. The van der Waals surface area contributed by atoms with Crippen LogP contribution in [0.2, 0.25) is 0 Å². The molecule has 39 heavy (non-hydrogen) atoms. The summed E-state index contributed by atoms with van der Waals surface area (Å²) in [6.45, 7) is 8.34. The van der Waals surface area contributed by atoms with Crippen LogP contribution in [-0.2, 0) is 26.2 Å². The monoisotopic (exact) mass is 555 g/mol. The van der Waals surface area contributed by atoms with Gasteiger partial charge in [0.05, 0.1) is 11.9 Å². The van der Waals surface area contributed by atoms with Crippen molar-refractivity contribution in [3.05, 3.63) is 64.7 Å². The number of benzene rings is 2. The van der Waals surface area contributed by atoms with Crippen LogP contribution in [0.3, 0.4) is 0 Å². The molecule has 1 unspecified atom stereocenters. The Morgan fingerprint density at radius 1 is 1.03 bits per heavy atom. The molecule has 2 aromatic carbocycles. The molecular weight excluding hydrogens is 510 g/mol. The highest BCUT2D eigenvalue weighted by Crippen LogP contribution is 2.26. The van der Waals surface area contributed by atoms with Crippen molar-refractivity contribution in [2.24, 2.45) is 0 Å². The first kappa shape index (κ1) is 30.7. The van der Waals surface area contributed by atoms with Gasteiger partial charge in [-0.15, -0.1) is 0 Å². The molecule has 0 aliphatic heterocycles. The summed E-state index contributed by atoms with van der Waals surface area (Å²) in [7, 11) is -3.54. The lowest BCUT2D eigenvalue weighted by atomic mass is 9.95. The van der Waals surface area contributed by atoms with Gasteiger partial charge >= 0.3 is 0 Å². The predicted molar refractivity (Wildman–Crippen MR) is 158 cm³/mol. The van der Waals surface area contributed by atoms with Crippen molar-refractivity contribution < 1.29 is 18.0 Å². The highest BCUT2D eigenvalue weighted by molar-refractivity contribution is 7.92. The van der Waals surface area contributed by atoms with Gasteiger partial charge in [0, 0.05) is 25.6 Å². The summed E-state index contributed by atoms with van der Waals surface area (Å²) in [6, 6.07) is 13.2. The first-order valence-corrected chi connectivity index (χ1v) is 16.1. The summed E-state index contributed by atoms with van der Waals surface area (Å²) in [5.74, 6) is -0.241. The van der Waals surface area contributed by atoms with E-state index < -0.39 is 16.1 Å². The molecule has 0 saturated heterocycles. The van der Waals surface area contributed by atoms with E-state index in [4.69, 9.17) is 0 Å². The van der Waals surface area contributed by atoms with Gasteiger partial charge in [-0.25, -0.2) is 8.42 Å². The third-order valence-corrected chi connectivity index (χ3v) is 8.95. The van der Waals surface area contributed by atoms with E-state index in [2.05, 4.69) is 5.32 Å². The van der Waals surface area contributed by atoms with Crippen molar-refractivity contribution in [1.29, 1.82) is 0 Å². The second-order valence-electron chi connectivity index (χ2n) is 10.9. The van der Waals surface area contributed by atoms with E-state index in [-0.39, 0.29) is 30.8 Å². The van der Waals surface area contributed by atoms with Crippen LogP contribution in [-0.4, -0.2) is 50.0 Å². The van der Waals surface area contributed by atoms with Crippen LogP contribution < -0.4 is 9.62 Å². The average molecular weight is 556 g/mol. The normalized spacial score (nSPS) is 15.0. The Morgan fingerprint density at radius 3 is 2.36 bits per heavy atom. The number of nitrogens with zero attached hydrogens (tertiary/aromatic N) is 2. The van der Waals surface area contributed by atoms with Gasteiger partial charge in [-0.2, -0.15) is 0 Å². The summed E-state index contributed by atoms with van der Waals surface area (Å²) in [5, 5.41) is 3.21. The summed E-state index contributed by atoms with van der Waals surface area (Å²) in [6.07, 6.45) is 7.60. The molecule has 1 saturated carbocycles. The average Bonchev–Trinajstić information content (AvgIpc) is 2.88. The van der Waals surface area contributed by atoms with Crippen LogP contribution in [0.25, 0.3) is 0 Å². The topological polar surface area (TPSA) is 86.8 Å². The van der Waals surface area contributed by atoms with Crippen LogP contribution in [0.4, 0.5) is 5.69 Å². The van der Waals surface area contributed by atoms with Crippen molar-refractivity contribution in [2.75, 3.05) is 17.1 Å². The number of aryl methyl sites for hydroxylation is 2. The van der Waals surface area contributed by atoms with Crippen LogP contribution >= 0.6 is 0 Å². The molecule has 1 N–H and O–H groups in total. The number of nitrogens with one attached hydrogen (secondary N) is 1. The molecule has 0 heterocycles. The fourth-order valence-corrected chi connectivity index (χ4v) is 6.48. The summed E-state index contributed by atoms with van der Waals surface area (Å²) in [5.41, 5.74) is 4.62. The van der Waals surface area contributed by atoms with Gasteiger partial charge in [0.2, 0.25) is 21.8 Å². The molecule has 0 aromatic heterocycles. The molecule has 2 aromatic rings. The first-order chi connectivity index (χ1) is 18.5. The number of carbonyl (C=O) groups excluding carboxylic acids is 2. The van der Waals surface area contributed by atoms with Crippen LogP contribution in [0.1, 0.15) is 80.5 Å². The zero-order valence-corrected chi connectivity index (χ0v) is 25.0. The van der Waals surface area contributed by atoms with E-state index in [1.807, 2.05) is 64.1 Å². The van der Waals surface area contributed by atoms with Crippen molar-refractivity contribution in [2.45, 2.75) is 97.7 Å². The number of anilines is 1. The lowest BCUT2D eigenvalue weighted by Crippen LogP contribution is -2.51. The Balaban J connectivity index is 1.78. The van der Waals surface area contributed by atoms with Gasteiger partial charge < -0.3 is 10.2 Å². The largest absolute Gasteiger partial charge is 0.352 e. The van der Waals surface area contributed by atoms with Crippen LogP contribution in [0.15, 0.2) is 42.5 Å². The van der Waals surface area contributed by atoms with Gasteiger partial charge in [0.1, 0.15) is 6.04 Å². The fourth-order valence-electron chi connectivity index (χ4n) is 5.46. The molecule has 8 heteroatoms. The van der Waals surface area contributed by atoms with E-state index in [1.54, 1.807) is 11.0 Å². The molecule has 214 valence electrons. The van der Waals surface area contributed by atoms with E-state index in [0.29, 0.717) is 25.1 Å². The number of carbonyl (C=O) groups is 2. The van der Waals surface area contributed by atoms with Crippen molar-refractivity contribution >= 4 is 27.5 Å². The van der Waals surface area contributed by atoms with Crippen molar-refractivity contribution in [3.63, 3.8) is 0 Å². The maximum atomic E-state index is 13.7. The maximum absolute atomic E-state index is 13.7. The first-order valence-electron chi connectivity index (χ1n) is 14.2. The Labute approximate surface area is 235 Å². The van der Waals surface area contributed by atoms with Gasteiger partial charge in [0.15, 0.2) is 0 Å². The van der Waals surface area contributed by atoms with E-state index in [9.17, 15) is 18.0 Å². The molecule has 1 atom stereocenters. The van der Waals surface area contributed by atoms with Crippen LogP contribution in [0.5, 0.6) is 0 Å². The van der Waals surface area contributed by atoms with Crippen molar-refractivity contribution in [3.8, 4) is 0 Å². The van der Waals surface area contributed by atoms with E-state index >= 15 is 0 Å². The Hall–Kier alpha value is -2.87. The highest BCUT2D eigenvalue weighted by atomic mass is 32.2. The number of rotatable bonds is 12. The number of sulfonamides is 1. The predicted octanol–water partition coefficient (Wildman–Crippen LogP) is 5.41. The summed E-state index contributed by atoms with van der Waals surface area (Å²) < 4.78 is 26.8. The van der Waals surface area contributed by atoms with E-state index in [1.165, 1.54) is 17.0 Å². The van der Waals surface area contributed by atoms with Gasteiger partial charge in [-0.1, -0.05) is 68.1 Å². The fraction of sp³-hybridized carbons (Fsp3) is 0.548. The smallest absolute Gasteiger partial charge is 0.243 e. The summed E-state index contributed by atoms with van der Waals surface area (Å²) >= 11 is 0. The molecule has 1 fully saturated rings. The molecule has 3 rings (SSSR count). The minimum Gasteiger partial charge on any atom is -0.352 e. The van der Waals surface area contributed by atoms with Gasteiger partial charge in [-0.05, 0) is 69.2 Å². The third-order valence-electron chi connectivity index (χ3n) is 7.77. The standard InChI is InChI=1S/C31H45N3O4S/c1-6-28(31(36)32-27-16-8-7-9-17-27)33(22-26-15-10-13-23(2)21-26)30(35)19-12-20-34(39(5,37)38)29-18-11-14-24(3)25(29)4/h10-11,13-15,18,21,27-28H,6-9,12,16-17,19-20,22H2,1-5H3,(H,32,36). The SMILES string of the molecule is CCC(C(=O)NC1CCCCC1)N(Cc1cccc(C)c1)C(=O)CCCN(c1cccc(C)c1C)S(C)(=O)=O.